The zero-order valence-electron chi connectivity index (χ0n) is 10.1. The van der Waals surface area contributed by atoms with Crippen LogP contribution in [0.25, 0.3) is 0 Å². The maximum Gasteiger partial charge on any atom is 0.250 e. The molecule has 0 unspecified atom stereocenters. The molecular formula is C12H17F2N3. The smallest absolute Gasteiger partial charge is 0.250 e. The molecule has 0 amide bonds. The van der Waals surface area contributed by atoms with E-state index in [1.165, 1.54) is 0 Å². The molecule has 2 N–H and O–H groups in total. The van der Waals surface area contributed by atoms with Crippen LogP contribution in [0.5, 0.6) is 0 Å². The van der Waals surface area contributed by atoms with Crippen LogP contribution in [0, 0.1) is 0 Å². The number of hydrogen-bond acceptors (Lipinski definition) is 3. The first-order chi connectivity index (χ1) is 7.88. The molecule has 94 valence electrons. The minimum Gasteiger partial charge on any atom is -0.363 e. The summed E-state index contributed by atoms with van der Waals surface area (Å²) in [6.45, 7) is 0.242. The third-order valence-corrected chi connectivity index (χ3v) is 3.40. The maximum atomic E-state index is 13.0. The summed E-state index contributed by atoms with van der Waals surface area (Å²) in [5.41, 5.74) is 5.88. The monoisotopic (exact) mass is 241 g/mol. The highest BCUT2D eigenvalue weighted by Gasteiger charge is 2.56. The Kier molecular flexibility index (Phi) is 2.81. The summed E-state index contributed by atoms with van der Waals surface area (Å²) in [6, 6.07) is 3.69. The lowest BCUT2D eigenvalue weighted by molar-refractivity contribution is -0.123. The molecule has 1 aliphatic rings. The lowest BCUT2D eigenvalue weighted by atomic mass is 9.62. The SMILES string of the molecule is CN(C)c1ccc(C2(CN)CC(F)(F)C2)cn1. The summed E-state index contributed by atoms with van der Waals surface area (Å²) in [5, 5.41) is 0. The fraction of sp³-hybridized carbons (Fsp3) is 0.583. The van der Waals surface area contributed by atoms with Gasteiger partial charge in [-0.3, -0.25) is 0 Å². The van der Waals surface area contributed by atoms with Crippen LogP contribution in [-0.4, -0.2) is 31.5 Å². The normalized spacial score (nSPS) is 20.8. The molecule has 0 spiro atoms. The number of nitrogens with two attached hydrogens (primary N) is 1. The van der Waals surface area contributed by atoms with Crippen LogP contribution in [0.1, 0.15) is 18.4 Å². The van der Waals surface area contributed by atoms with Gasteiger partial charge in [0.25, 0.3) is 0 Å². The Balaban J connectivity index is 2.22. The van der Waals surface area contributed by atoms with Crippen LogP contribution in [0.3, 0.4) is 0 Å². The molecule has 0 atom stereocenters. The van der Waals surface area contributed by atoms with E-state index in [9.17, 15) is 8.78 Å². The Morgan fingerprint density at radius 2 is 2.00 bits per heavy atom. The highest BCUT2D eigenvalue weighted by Crippen LogP contribution is 2.52. The zero-order chi connectivity index (χ0) is 12.7. The number of hydrogen-bond donors (Lipinski definition) is 1. The molecule has 0 aromatic carbocycles. The number of nitrogens with zero attached hydrogens (tertiary/aromatic N) is 2. The van der Waals surface area contributed by atoms with Crippen molar-refractivity contribution in [2.24, 2.45) is 5.73 Å². The number of pyridine rings is 1. The van der Waals surface area contributed by atoms with Crippen molar-refractivity contribution in [1.29, 1.82) is 0 Å². The van der Waals surface area contributed by atoms with Gasteiger partial charge in [-0.2, -0.15) is 0 Å². The van der Waals surface area contributed by atoms with Gasteiger partial charge in [-0.1, -0.05) is 6.07 Å². The minimum atomic E-state index is -2.57. The summed E-state index contributed by atoms with van der Waals surface area (Å²) in [6.07, 6.45) is 1.33. The Hall–Kier alpha value is -1.23. The maximum absolute atomic E-state index is 13.0. The number of alkyl halides is 2. The van der Waals surface area contributed by atoms with Gasteiger partial charge in [0.15, 0.2) is 0 Å². The van der Waals surface area contributed by atoms with E-state index in [1.807, 2.05) is 31.1 Å². The molecule has 17 heavy (non-hydrogen) atoms. The van der Waals surface area contributed by atoms with Gasteiger partial charge in [0.1, 0.15) is 5.82 Å². The van der Waals surface area contributed by atoms with Crippen molar-refractivity contribution in [2.75, 3.05) is 25.5 Å². The quantitative estimate of drug-likeness (QED) is 0.877. The van der Waals surface area contributed by atoms with E-state index in [4.69, 9.17) is 5.73 Å². The van der Waals surface area contributed by atoms with Gasteiger partial charge in [0, 0.05) is 45.1 Å². The molecule has 0 aliphatic heterocycles. The van der Waals surface area contributed by atoms with Gasteiger partial charge in [-0.15, -0.1) is 0 Å². The number of aromatic nitrogens is 1. The van der Waals surface area contributed by atoms with E-state index in [-0.39, 0.29) is 19.4 Å². The molecule has 1 saturated carbocycles. The molecule has 2 rings (SSSR count). The molecule has 3 nitrogen and oxygen atoms in total. The molecule has 0 radical (unpaired) electrons. The van der Waals surface area contributed by atoms with Crippen molar-refractivity contribution in [3.63, 3.8) is 0 Å². The first kappa shape index (κ1) is 12.2. The fourth-order valence-corrected chi connectivity index (χ4v) is 2.37. The summed E-state index contributed by atoms with van der Waals surface area (Å²) in [5.74, 6) is -1.76. The zero-order valence-corrected chi connectivity index (χ0v) is 10.1. The Morgan fingerprint density at radius 3 is 2.35 bits per heavy atom. The molecule has 1 aliphatic carbocycles. The van der Waals surface area contributed by atoms with Crippen molar-refractivity contribution >= 4 is 5.82 Å². The lowest BCUT2D eigenvalue weighted by Crippen LogP contribution is -2.53. The number of rotatable bonds is 3. The standard InChI is InChI=1S/C12H17F2N3/c1-17(2)10-4-3-9(5-16-10)11(8-15)6-12(13,14)7-11/h3-5H,6-8,15H2,1-2H3. The Morgan fingerprint density at radius 1 is 1.35 bits per heavy atom. The molecule has 1 aromatic rings. The first-order valence-electron chi connectivity index (χ1n) is 5.60. The third-order valence-electron chi connectivity index (χ3n) is 3.40. The van der Waals surface area contributed by atoms with Gasteiger partial charge >= 0.3 is 0 Å². The highest BCUT2D eigenvalue weighted by molar-refractivity contribution is 5.40. The molecule has 0 saturated heterocycles. The fourth-order valence-electron chi connectivity index (χ4n) is 2.37. The van der Waals surface area contributed by atoms with Gasteiger partial charge < -0.3 is 10.6 Å². The van der Waals surface area contributed by atoms with Crippen LogP contribution >= 0.6 is 0 Å². The largest absolute Gasteiger partial charge is 0.363 e. The third kappa shape index (κ3) is 2.11. The van der Waals surface area contributed by atoms with Crippen molar-refractivity contribution < 1.29 is 8.78 Å². The van der Waals surface area contributed by atoms with Gasteiger partial charge in [-0.25, -0.2) is 13.8 Å². The molecular weight excluding hydrogens is 224 g/mol. The highest BCUT2D eigenvalue weighted by atomic mass is 19.3. The summed E-state index contributed by atoms with van der Waals surface area (Å²) in [7, 11) is 3.77. The second kappa shape index (κ2) is 3.91. The predicted molar refractivity (Wildman–Crippen MR) is 63.5 cm³/mol. The van der Waals surface area contributed by atoms with Crippen LogP contribution in [0.4, 0.5) is 14.6 Å². The van der Waals surface area contributed by atoms with Crippen molar-refractivity contribution in [1.82, 2.24) is 4.98 Å². The summed E-state index contributed by atoms with van der Waals surface area (Å²) < 4.78 is 26.1. The van der Waals surface area contributed by atoms with Gasteiger partial charge in [0.05, 0.1) is 0 Å². The topological polar surface area (TPSA) is 42.1 Å². The van der Waals surface area contributed by atoms with Crippen molar-refractivity contribution in [2.45, 2.75) is 24.2 Å². The lowest BCUT2D eigenvalue weighted by Gasteiger charge is -2.47. The molecule has 5 heteroatoms. The van der Waals surface area contributed by atoms with Crippen LogP contribution < -0.4 is 10.6 Å². The number of anilines is 1. The Bertz CT molecular complexity index is 393. The minimum absolute atomic E-state index is 0.167. The van der Waals surface area contributed by atoms with Gasteiger partial charge in [0.2, 0.25) is 5.92 Å². The van der Waals surface area contributed by atoms with E-state index < -0.39 is 11.3 Å². The molecule has 0 bridgehead atoms. The second-order valence-electron chi connectivity index (χ2n) is 4.99. The average molecular weight is 241 g/mol. The van der Waals surface area contributed by atoms with Crippen LogP contribution in [-0.2, 0) is 5.41 Å². The van der Waals surface area contributed by atoms with E-state index >= 15 is 0 Å². The predicted octanol–water partition coefficient (Wildman–Crippen LogP) is 1.77. The number of halogens is 2. The summed E-state index contributed by atoms with van der Waals surface area (Å²) >= 11 is 0. The van der Waals surface area contributed by atoms with Crippen molar-refractivity contribution in [3.8, 4) is 0 Å². The van der Waals surface area contributed by atoms with E-state index in [2.05, 4.69) is 4.98 Å². The summed E-state index contributed by atoms with van der Waals surface area (Å²) in [4.78, 5) is 6.12. The first-order valence-corrected chi connectivity index (χ1v) is 5.60. The van der Waals surface area contributed by atoms with Crippen LogP contribution in [0.2, 0.25) is 0 Å². The Labute approximate surface area is 99.6 Å². The molecule has 1 aromatic heterocycles. The average Bonchev–Trinajstić information content (AvgIpc) is 2.25. The van der Waals surface area contributed by atoms with Gasteiger partial charge in [-0.05, 0) is 11.6 Å². The second-order valence-corrected chi connectivity index (χ2v) is 4.99. The van der Waals surface area contributed by atoms with E-state index in [1.54, 1.807) is 6.20 Å². The van der Waals surface area contributed by atoms with Crippen molar-refractivity contribution in [3.05, 3.63) is 23.9 Å². The van der Waals surface area contributed by atoms with E-state index in [0.29, 0.717) is 0 Å². The molecule has 1 fully saturated rings. The molecule has 1 heterocycles. The van der Waals surface area contributed by atoms with E-state index in [0.717, 1.165) is 11.4 Å². The van der Waals surface area contributed by atoms with Crippen LogP contribution in [0.15, 0.2) is 18.3 Å².